The van der Waals surface area contributed by atoms with Crippen molar-refractivity contribution in [3.63, 3.8) is 0 Å². The Morgan fingerprint density at radius 2 is 1.17 bits per heavy atom. The average Bonchev–Trinajstić information content (AvgIpc) is 2.60. The van der Waals surface area contributed by atoms with Gasteiger partial charge in [0.15, 0.2) is 0 Å². The summed E-state index contributed by atoms with van der Waals surface area (Å²) in [6.07, 6.45) is 0. The highest BCUT2D eigenvalue weighted by molar-refractivity contribution is 7.98. The van der Waals surface area contributed by atoms with Crippen LogP contribution < -0.4 is 0 Å². The van der Waals surface area contributed by atoms with Crippen LogP contribution in [0.4, 0.5) is 0 Å². The van der Waals surface area contributed by atoms with E-state index in [0.717, 1.165) is 49.9 Å². The van der Waals surface area contributed by atoms with Crippen molar-refractivity contribution in [2.24, 2.45) is 0 Å². The van der Waals surface area contributed by atoms with E-state index in [2.05, 4.69) is 9.97 Å². The molecule has 0 bridgehead atoms. The molecule has 0 unspecified atom stereocenters. The van der Waals surface area contributed by atoms with Crippen molar-refractivity contribution in [3.8, 4) is 0 Å². The topological polar surface area (TPSA) is 51.6 Å². The Bertz CT molecular complexity index is 961. The second-order valence-corrected chi connectivity index (χ2v) is 6.60. The summed E-state index contributed by atoms with van der Waals surface area (Å²) >= 11 is 1.66. The fraction of sp³-hybridized carbons (Fsp3) is 0.158. The predicted molar refractivity (Wildman–Crippen MR) is 98.1 cm³/mol. The van der Waals surface area contributed by atoms with Gasteiger partial charge in [-0.3, -0.25) is 0 Å². The Kier molecular flexibility index (Phi) is 3.86. The quantitative estimate of drug-likeness (QED) is 0.518. The van der Waals surface area contributed by atoms with Crippen LogP contribution in [0.15, 0.2) is 53.6 Å². The highest BCUT2D eigenvalue weighted by Crippen LogP contribution is 2.26. The molecule has 2 aromatic carbocycles. The van der Waals surface area contributed by atoms with Crippen LogP contribution in [0.25, 0.3) is 22.1 Å². The van der Waals surface area contributed by atoms with E-state index in [1.807, 2.05) is 62.4 Å². The van der Waals surface area contributed by atoms with Crippen LogP contribution in [0.2, 0.25) is 0 Å². The monoisotopic (exact) mass is 332 g/mol. The molecule has 24 heavy (non-hydrogen) atoms. The molecular formula is C19H16N4S. The molecular weight excluding hydrogens is 316 g/mol. The minimum Gasteiger partial charge on any atom is -0.250 e. The maximum absolute atomic E-state index is 4.75. The fourth-order valence-corrected chi connectivity index (χ4v) is 3.57. The molecule has 4 rings (SSSR count). The zero-order valence-electron chi connectivity index (χ0n) is 13.5. The number of aromatic nitrogens is 4. The Labute approximate surface area is 144 Å². The Morgan fingerprint density at radius 1 is 0.667 bits per heavy atom. The molecule has 0 aliphatic rings. The van der Waals surface area contributed by atoms with E-state index in [4.69, 9.17) is 9.97 Å². The van der Waals surface area contributed by atoms with Gasteiger partial charge in [-0.1, -0.05) is 36.0 Å². The molecule has 2 heterocycles. The third-order valence-electron chi connectivity index (χ3n) is 3.89. The van der Waals surface area contributed by atoms with Gasteiger partial charge in [0.1, 0.15) is 5.03 Å². The zero-order valence-corrected chi connectivity index (χ0v) is 14.3. The van der Waals surface area contributed by atoms with Gasteiger partial charge in [0.05, 0.1) is 39.1 Å². The van der Waals surface area contributed by atoms with E-state index in [0.29, 0.717) is 0 Å². The molecule has 0 saturated carbocycles. The van der Waals surface area contributed by atoms with Gasteiger partial charge in [0.2, 0.25) is 0 Å². The van der Waals surface area contributed by atoms with E-state index in [1.54, 1.807) is 11.8 Å². The van der Waals surface area contributed by atoms with Gasteiger partial charge in [0, 0.05) is 5.75 Å². The largest absolute Gasteiger partial charge is 0.250 e. The lowest BCUT2D eigenvalue weighted by Crippen LogP contribution is -1.98. The molecule has 4 aromatic rings. The Balaban J connectivity index is 1.65. The normalized spacial score (nSPS) is 11.2. The van der Waals surface area contributed by atoms with Crippen molar-refractivity contribution in [2.45, 2.75) is 24.6 Å². The number of benzene rings is 2. The average molecular weight is 332 g/mol. The molecule has 4 nitrogen and oxygen atoms in total. The van der Waals surface area contributed by atoms with E-state index in [9.17, 15) is 0 Å². The molecule has 0 spiro atoms. The summed E-state index contributed by atoms with van der Waals surface area (Å²) in [4.78, 5) is 18.8. The molecule has 0 aliphatic carbocycles. The van der Waals surface area contributed by atoms with Crippen molar-refractivity contribution < 1.29 is 0 Å². The lowest BCUT2D eigenvalue weighted by atomic mass is 10.2. The van der Waals surface area contributed by atoms with E-state index < -0.39 is 0 Å². The van der Waals surface area contributed by atoms with Crippen LogP contribution in [-0.2, 0) is 5.75 Å². The standard InChI is InChI=1S/C19H16N4S/c1-12-18(22-16-9-5-3-7-14(16)20-12)11-24-19-13(2)21-15-8-4-6-10-17(15)23-19/h3-10H,11H2,1-2H3. The van der Waals surface area contributed by atoms with Gasteiger partial charge in [-0.15, -0.1) is 0 Å². The van der Waals surface area contributed by atoms with E-state index >= 15 is 0 Å². The first-order valence-corrected chi connectivity index (χ1v) is 8.78. The molecule has 0 saturated heterocycles. The number of thioether (sulfide) groups is 1. The Morgan fingerprint density at radius 3 is 1.79 bits per heavy atom. The number of hydrogen-bond acceptors (Lipinski definition) is 5. The molecule has 0 fully saturated rings. The highest BCUT2D eigenvalue weighted by Gasteiger charge is 2.09. The summed E-state index contributed by atoms with van der Waals surface area (Å²) in [5, 5.41) is 0.947. The molecule has 0 atom stereocenters. The fourth-order valence-electron chi connectivity index (χ4n) is 2.61. The maximum atomic E-state index is 4.75. The first kappa shape index (κ1) is 15.0. The van der Waals surface area contributed by atoms with Crippen LogP contribution in [-0.4, -0.2) is 19.9 Å². The van der Waals surface area contributed by atoms with E-state index in [-0.39, 0.29) is 0 Å². The smallest absolute Gasteiger partial charge is 0.118 e. The minimum atomic E-state index is 0.734. The first-order chi connectivity index (χ1) is 11.7. The number of fused-ring (bicyclic) bond motifs is 2. The summed E-state index contributed by atoms with van der Waals surface area (Å²) in [6, 6.07) is 15.9. The molecule has 2 aromatic heterocycles. The van der Waals surface area contributed by atoms with Gasteiger partial charge >= 0.3 is 0 Å². The van der Waals surface area contributed by atoms with Gasteiger partial charge in [-0.05, 0) is 38.1 Å². The number of nitrogens with zero attached hydrogens (tertiary/aromatic N) is 4. The maximum Gasteiger partial charge on any atom is 0.118 e. The third kappa shape index (κ3) is 2.83. The summed E-state index contributed by atoms with van der Waals surface area (Å²) in [5.41, 5.74) is 6.63. The van der Waals surface area contributed by atoms with Gasteiger partial charge < -0.3 is 0 Å². The number of para-hydroxylation sites is 4. The zero-order chi connectivity index (χ0) is 16.5. The van der Waals surface area contributed by atoms with Gasteiger partial charge in [-0.2, -0.15) is 0 Å². The Hall–Kier alpha value is -2.53. The third-order valence-corrected chi connectivity index (χ3v) is 4.97. The van der Waals surface area contributed by atoms with Crippen molar-refractivity contribution in [1.82, 2.24) is 19.9 Å². The lowest BCUT2D eigenvalue weighted by molar-refractivity contribution is 1.03. The van der Waals surface area contributed by atoms with Crippen molar-refractivity contribution in [3.05, 3.63) is 65.6 Å². The van der Waals surface area contributed by atoms with Gasteiger partial charge in [0.25, 0.3) is 0 Å². The predicted octanol–water partition coefficient (Wildman–Crippen LogP) is 4.48. The van der Waals surface area contributed by atoms with E-state index in [1.165, 1.54) is 0 Å². The van der Waals surface area contributed by atoms with Crippen LogP contribution in [0.1, 0.15) is 17.1 Å². The van der Waals surface area contributed by atoms with Crippen LogP contribution >= 0.6 is 11.8 Å². The van der Waals surface area contributed by atoms with Crippen molar-refractivity contribution in [1.29, 1.82) is 0 Å². The summed E-state index contributed by atoms with van der Waals surface area (Å²) in [5.74, 6) is 0.734. The highest BCUT2D eigenvalue weighted by atomic mass is 32.2. The molecule has 0 N–H and O–H groups in total. The summed E-state index contributed by atoms with van der Waals surface area (Å²) in [6.45, 7) is 4.01. The SMILES string of the molecule is Cc1nc2ccccc2nc1CSc1nc2ccccc2nc1C. The molecule has 118 valence electrons. The summed E-state index contributed by atoms with van der Waals surface area (Å²) < 4.78 is 0. The molecule has 0 amide bonds. The molecule has 5 heteroatoms. The molecule has 0 aliphatic heterocycles. The number of rotatable bonds is 3. The first-order valence-electron chi connectivity index (χ1n) is 7.79. The number of aryl methyl sites for hydroxylation is 2. The minimum absolute atomic E-state index is 0.734. The van der Waals surface area contributed by atoms with Crippen LogP contribution in [0, 0.1) is 13.8 Å². The summed E-state index contributed by atoms with van der Waals surface area (Å²) in [7, 11) is 0. The molecule has 0 radical (unpaired) electrons. The second-order valence-electron chi connectivity index (χ2n) is 5.64. The van der Waals surface area contributed by atoms with Gasteiger partial charge in [-0.25, -0.2) is 19.9 Å². The lowest BCUT2D eigenvalue weighted by Gasteiger charge is -2.08. The van der Waals surface area contributed by atoms with Crippen LogP contribution in [0.3, 0.4) is 0 Å². The van der Waals surface area contributed by atoms with Crippen molar-refractivity contribution in [2.75, 3.05) is 0 Å². The van der Waals surface area contributed by atoms with Crippen molar-refractivity contribution >= 4 is 33.8 Å². The van der Waals surface area contributed by atoms with Crippen LogP contribution in [0.5, 0.6) is 0 Å². The number of hydrogen-bond donors (Lipinski definition) is 0. The second kappa shape index (κ2) is 6.17.